The van der Waals surface area contributed by atoms with Gasteiger partial charge in [0.1, 0.15) is 17.8 Å². The fourth-order valence-corrected chi connectivity index (χ4v) is 3.59. The van der Waals surface area contributed by atoms with Gasteiger partial charge in [0.25, 0.3) is 11.1 Å². The van der Waals surface area contributed by atoms with Gasteiger partial charge in [0.15, 0.2) is 11.7 Å². The van der Waals surface area contributed by atoms with Crippen LogP contribution in [0.2, 0.25) is 0 Å². The number of oxazole rings is 1. The molecule has 0 aliphatic carbocycles. The second-order valence-corrected chi connectivity index (χ2v) is 7.28. The molecule has 0 saturated carbocycles. The fraction of sp³-hybridized carbons (Fsp3) is 0.200. The highest BCUT2D eigenvalue weighted by Crippen LogP contribution is 2.29. The van der Waals surface area contributed by atoms with Crippen molar-refractivity contribution in [1.82, 2.24) is 4.98 Å². The Morgan fingerprint density at radius 2 is 2.00 bits per heavy atom. The van der Waals surface area contributed by atoms with E-state index in [4.69, 9.17) is 9.15 Å². The molecule has 0 radical (unpaired) electrons. The maximum Gasteiger partial charge on any atom is 0.317 e. The summed E-state index contributed by atoms with van der Waals surface area (Å²) in [7, 11) is 0. The van der Waals surface area contributed by atoms with Crippen LogP contribution >= 0.6 is 11.8 Å². The van der Waals surface area contributed by atoms with Gasteiger partial charge in [-0.1, -0.05) is 36.0 Å². The lowest BCUT2D eigenvalue weighted by molar-refractivity contribution is -0.151. The molecule has 1 aliphatic rings. The minimum absolute atomic E-state index is 0.0541. The summed E-state index contributed by atoms with van der Waals surface area (Å²) in [5, 5.41) is 3.06. The van der Waals surface area contributed by atoms with Gasteiger partial charge in [-0.15, -0.1) is 0 Å². The minimum Gasteiger partial charge on any atom is -0.452 e. The van der Waals surface area contributed by atoms with E-state index in [-0.39, 0.29) is 18.2 Å². The van der Waals surface area contributed by atoms with E-state index in [0.29, 0.717) is 27.7 Å². The predicted octanol–water partition coefficient (Wildman–Crippen LogP) is 2.84. The lowest BCUT2D eigenvalue weighted by Gasteiger charge is -2.30. The molecule has 2 amide bonds. The molecule has 9 heteroatoms. The molecule has 3 aromatic rings. The number of ether oxygens (including phenoxy) is 1. The summed E-state index contributed by atoms with van der Waals surface area (Å²) < 4.78 is 10.8. The van der Waals surface area contributed by atoms with Gasteiger partial charge in [-0.05, 0) is 31.2 Å². The van der Waals surface area contributed by atoms with E-state index < -0.39 is 18.0 Å². The second-order valence-electron chi connectivity index (χ2n) is 6.36. The molecule has 1 atom stereocenters. The molecular weight excluding hydrogens is 394 g/mol. The van der Waals surface area contributed by atoms with Gasteiger partial charge in [-0.2, -0.15) is 0 Å². The number of hydrogen-bond acceptors (Lipinski definition) is 7. The molecule has 1 aliphatic heterocycles. The Kier molecular flexibility index (Phi) is 5.22. The number of benzene rings is 2. The first-order chi connectivity index (χ1) is 14.0. The average molecular weight is 411 g/mol. The fourth-order valence-electron chi connectivity index (χ4n) is 2.96. The molecule has 2 heterocycles. The molecule has 1 N–H and O–H groups in total. The molecule has 0 spiro atoms. The van der Waals surface area contributed by atoms with Crippen molar-refractivity contribution < 1.29 is 23.5 Å². The number of esters is 1. The normalized spacial score (nSPS) is 14.2. The lowest BCUT2D eigenvalue weighted by atomic mass is 10.1. The second kappa shape index (κ2) is 7.96. The zero-order chi connectivity index (χ0) is 20.4. The summed E-state index contributed by atoms with van der Waals surface area (Å²) in [6.45, 7) is 1.36. The summed E-state index contributed by atoms with van der Waals surface area (Å²) in [6, 6.07) is 14.3. The van der Waals surface area contributed by atoms with Crippen molar-refractivity contribution in [1.29, 1.82) is 0 Å². The summed E-state index contributed by atoms with van der Waals surface area (Å²) in [6.07, 6.45) is -1.04. The maximum atomic E-state index is 12.8. The molecule has 0 bridgehead atoms. The first kappa shape index (κ1) is 19.0. The number of thioether (sulfide) groups is 1. The van der Waals surface area contributed by atoms with Gasteiger partial charge in [0.2, 0.25) is 5.91 Å². The monoisotopic (exact) mass is 411 g/mol. The SMILES string of the molecule is C[C@@H](OC(=O)CSc1nc2ccccc2o1)C(=O)N1CC(=O)Nc2ccccc21. The summed E-state index contributed by atoms with van der Waals surface area (Å²) in [5.74, 6) is -1.40. The molecule has 2 aromatic carbocycles. The van der Waals surface area contributed by atoms with Gasteiger partial charge >= 0.3 is 5.97 Å². The van der Waals surface area contributed by atoms with E-state index in [1.54, 1.807) is 30.3 Å². The largest absolute Gasteiger partial charge is 0.452 e. The number of nitrogens with zero attached hydrogens (tertiary/aromatic N) is 2. The molecule has 0 fully saturated rings. The van der Waals surface area contributed by atoms with Crippen molar-refractivity contribution in [2.24, 2.45) is 0 Å². The lowest BCUT2D eigenvalue weighted by Crippen LogP contribution is -2.47. The zero-order valence-electron chi connectivity index (χ0n) is 15.5. The van der Waals surface area contributed by atoms with Crippen LogP contribution in [0.25, 0.3) is 11.1 Å². The van der Waals surface area contributed by atoms with Gasteiger partial charge in [0.05, 0.1) is 11.4 Å². The van der Waals surface area contributed by atoms with Gasteiger partial charge in [-0.3, -0.25) is 19.3 Å². The number of carbonyl (C=O) groups excluding carboxylic acids is 3. The quantitative estimate of drug-likeness (QED) is 0.509. The van der Waals surface area contributed by atoms with Crippen LogP contribution in [0.4, 0.5) is 11.4 Å². The molecule has 148 valence electrons. The van der Waals surface area contributed by atoms with Crippen molar-refractivity contribution in [3.63, 3.8) is 0 Å². The Morgan fingerprint density at radius 3 is 2.83 bits per heavy atom. The standard InChI is InChI=1S/C20H17N3O5S/c1-12(19(26)23-10-17(24)21-13-6-2-4-8-15(13)23)27-18(25)11-29-20-22-14-7-3-5-9-16(14)28-20/h2-9,12H,10-11H2,1H3,(H,21,24)/t12-/m1/s1. The van der Waals surface area contributed by atoms with Crippen molar-refractivity contribution >= 4 is 52.0 Å². The molecule has 8 nitrogen and oxygen atoms in total. The third-order valence-electron chi connectivity index (χ3n) is 4.28. The van der Waals surface area contributed by atoms with Gasteiger partial charge in [0, 0.05) is 0 Å². The van der Waals surface area contributed by atoms with Crippen LogP contribution in [-0.4, -0.2) is 41.2 Å². The summed E-state index contributed by atoms with van der Waals surface area (Å²) in [5.41, 5.74) is 2.45. The molecular formula is C20H17N3O5S. The molecule has 1 aromatic heterocycles. The maximum absolute atomic E-state index is 12.8. The van der Waals surface area contributed by atoms with E-state index in [0.717, 1.165) is 11.8 Å². The van der Waals surface area contributed by atoms with Gasteiger partial charge < -0.3 is 14.5 Å². The van der Waals surface area contributed by atoms with Crippen LogP contribution in [0, 0.1) is 0 Å². The molecule has 0 saturated heterocycles. The number of amides is 2. The van der Waals surface area contributed by atoms with E-state index >= 15 is 0 Å². The van der Waals surface area contributed by atoms with Crippen LogP contribution < -0.4 is 10.2 Å². The molecule has 4 rings (SSSR count). The van der Waals surface area contributed by atoms with Crippen LogP contribution in [0.1, 0.15) is 6.92 Å². The smallest absolute Gasteiger partial charge is 0.317 e. The van der Waals surface area contributed by atoms with E-state index in [1.807, 2.05) is 18.2 Å². The number of para-hydroxylation sites is 4. The highest BCUT2D eigenvalue weighted by atomic mass is 32.2. The molecule has 29 heavy (non-hydrogen) atoms. The Hall–Kier alpha value is -3.33. The number of anilines is 2. The number of rotatable bonds is 5. The average Bonchev–Trinajstić information content (AvgIpc) is 3.14. The Morgan fingerprint density at radius 1 is 1.24 bits per heavy atom. The van der Waals surface area contributed by atoms with Crippen molar-refractivity contribution in [3.8, 4) is 0 Å². The zero-order valence-corrected chi connectivity index (χ0v) is 16.3. The minimum atomic E-state index is -1.04. The topological polar surface area (TPSA) is 102 Å². The van der Waals surface area contributed by atoms with Crippen molar-refractivity contribution in [3.05, 3.63) is 48.5 Å². The van der Waals surface area contributed by atoms with Crippen LogP contribution in [0.15, 0.2) is 58.2 Å². The van der Waals surface area contributed by atoms with Crippen LogP contribution in [0.3, 0.4) is 0 Å². The van der Waals surface area contributed by atoms with Crippen LogP contribution in [-0.2, 0) is 19.1 Å². The first-order valence-corrected chi connectivity index (χ1v) is 9.88. The number of fused-ring (bicyclic) bond motifs is 2. The van der Waals surface area contributed by atoms with E-state index in [2.05, 4.69) is 10.3 Å². The first-order valence-electron chi connectivity index (χ1n) is 8.89. The summed E-state index contributed by atoms with van der Waals surface area (Å²) >= 11 is 1.09. The van der Waals surface area contributed by atoms with Crippen LogP contribution in [0.5, 0.6) is 0 Å². The van der Waals surface area contributed by atoms with Crippen molar-refractivity contribution in [2.45, 2.75) is 18.3 Å². The highest BCUT2D eigenvalue weighted by molar-refractivity contribution is 7.99. The number of carbonyl (C=O) groups is 3. The van der Waals surface area contributed by atoms with Crippen molar-refractivity contribution in [2.75, 3.05) is 22.5 Å². The number of hydrogen-bond donors (Lipinski definition) is 1. The summed E-state index contributed by atoms with van der Waals surface area (Å²) in [4.78, 5) is 42.4. The third kappa shape index (κ3) is 4.09. The molecule has 0 unspecified atom stereocenters. The Labute approximate surface area is 170 Å². The number of nitrogens with one attached hydrogen (secondary N) is 1. The van der Waals surface area contributed by atoms with E-state index in [9.17, 15) is 14.4 Å². The highest BCUT2D eigenvalue weighted by Gasteiger charge is 2.31. The Balaban J connectivity index is 1.37. The van der Waals surface area contributed by atoms with E-state index in [1.165, 1.54) is 11.8 Å². The predicted molar refractivity (Wildman–Crippen MR) is 108 cm³/mol. The van der Waals surface area contributed by atoms with Gasteiger partial charge in [-0.25, -0.2) is 4.98 Å². The Bertz CT molecular complexity index is 1060. The number of aromatic nitrogens is 1. The third-order valence-corrected chi connectivity index (χ3v) is 5.08.